The Morgan fingerprint density at radius 1 is 0.318 bits per heavy atom. The van der Waals surface area contributed by atoms with Gasteiger partial charge in [0.1, 0.15) is 105 Å². The molecule has 0 aliphatic carbocycles. The zero-order valence-corrected chi connectivity index (χ0v) is 77.0. The summed E-state index contributed by atoms with van der Waals surface area (Å²) < 4.78 is 83.5. The Labute approximate surface area is 758 Å². The third-order valence-corrected chi connectivity index (χ3v) is 21.1. The number of aliphatic hydroxyl groups excluding tert-OH is 9. The van der Waals surface area contributed by atoms with E-state index in [1.165, 1.54) is 78.6 Å². The van der Waals surface area contributed by atoms with Crippen LogP contribution in [0.4, 0.5) is 0 Å². The van der Waals surface area contributed by atoms with Crippen LogP contribution in [-0.4, -0.2) is 393 Å². The maximum atomic E-state index is 14.7. The van der Waals surface area contributed by atoms with E-state index in [0.717, 1.165) is 25.7 Å². The van der Waals surface area contributed by atoms with Gasteiger partial charge in [-0.15, -0.1) is 0 Å². The van der Waals surface area contributed by atoms with Crippen LogP contribution >= 0.6 is 0 Å². The molecular weight excluding hydrogens is 1700 g/mol. The van der Waals surface area contributed by atoms with Crippen molar-refractivity contribution in [3.05, 3.63) is 0 Å². The van der Waals surface area contributed by atoms with E-state index in [1.807, 2.05) is 0 Å². The molecule has 0 aromatic rings. The maximum Gasteiger partial charge on any atom is 0.246 e. The molecule has 3 aliphatic heterocycles. The van der Waals surface area contributed by atoms with E-state index in [2.05, 4.69) is 54.8 Å². The number of aliphatic hydroxyl groups is 9. The first-order valence-electron chi connectivity index (χ1n) is 46.0. The van der Waals surface area contributed by atoms with Gasteiger partial charge in [0, 0.05) is 52.2 Å². The monoisotopic (exact) mass is 1860 g/mol. The van der Waals surface area contributed by atoms with Gasteiger partial charge in [-0.05, 0) is 64.2 Å². The van der Waals surface area contributed by atoms with Crippen molar-refractivity contribution in [1.29, 1.82) is 0 Å². The van der Waals surface area contributed by atoms with E-state index >= 15 is 0 Å². The maximum absolute atomic E-state index is 14.7. The van der Waals surface area contributed by atoms with Gasteiger partial charge in [-0.1, -0.05) is 105 Å². The fourth-order valence-corrected chi connectivity index (χ4v) is 14.0. The number of carbonyl (C=O) groups is 10. The number of rotatable bonds is 77. The highest BCUT2D eigenvalue weighted by atomic mass is 16.7. The predicted molar refractivity (Wildman–Crippen MR) is 462 cm³/mol. The third kappa shape index (κ3) is 52.4. The molecule has 3 heterocycles. The molecule has 750 valence electrons. The Bertz CT molecular complexity index is 3050. The molecule has 129 heavy (non-hydrogen) atoms. The smallest absolute Gasteiger partial charge is 0.246 e. The Balaban J connectivity index is 1.64. The Kier molecular flexibility index (Phi) is 64.9. The van der Waals surface area contributed by atoms with E-state index in [9.17, 15) is 93.9 Å². The molecule has 43 nitrogen and oxygen atoms in total. The molecule has 0 radical (unpaired) electrons. The van der Waals surface area contributed by atoms with Crippen LogP contribution in [0.25, 0.3) is 0 Å². The second-order valence-electron chi connectivity index (χ2n) is 33.1. The normalized spacial score (nSPS) is 23.0. The SMILES string of the molecule is CCCCCCCCCCCCCCCC(=O)NCCCC[C@@H](NC(=O)[C@H](CCCCNC(=O)COCCOCCOCCO[C@@H]1O[C@H](CO)[C@H](O)[C@H](O)[C@H]1NC(C)=O)NC(=O)[C@H](CCCCNC(=O)COCCOCCOCCO[C@@H]1O[C@H](CO)[C@H](O)[C@H](O)[C@H]1NC(C)=O)NC(=O)COCCOCCOCCO[C@@H]1O[C@H](CO)[C@H](O)[C@H](O)[C@H]1NC(C)=O)C(=O)C(C)(C)C. The van der Waals surface area contributed by atoms with Crippen molar-refractivity contribution in [2.24, 2.45) is 5.41 Å². The zero-order chi connectivity index (χ0) is 95.0. The molecule has 3 saturated heterocycles. The highest BCUT2D eigenvalue weighted by molar-refractivity contribution is 5.96. The first-order chi connectivity index (χ1) is 62.0. The minimum absolute atomic E-state index is 0.00859. The number of hydrogen-bond donors (Lipinski definition) is 18. The fraction of sp³-hybridized carbons (Fsp3) is 0.884. The highest BCUT2D eigenvalue weighted by Crippen LogP contribution is 2.27. The summed E-state index contributed by atoms with van der Waals surface area (Å²) in [4.78, 5) is 131. The first-order valence-corrected chi connectivity index (χ1v) is 46.0. The van der Waals surface area contributed by atoms with Crippen LogP contribution in [0.1, 0.15) is 196 Å². The average molecular weight is 1860 g/mol. The van der Waals surface area contributed by atoms with E-state index in [0.29, 0.717) is 38.6 Å². The number of carbonyl (C=O) groups excluding carboxylic acids is 10. The predicted octanol–water partition coefficient (Wildman–Crippen LogP) is -2.57. The lowest BCUT2D eigenvalue weighted by molar-refractivity contribution is -0.272. The van der Waals surface area contributed by atoms with Gasteiger partial charge < -0.3 is 165 Å². The molecule has 3 aliphatic rings. The van der Waals surface area contributed by atoms with E-state index in [1.54, 1.807) is 20.8 Å². The van der Waals surface area contributed by atoms with Crippen LogP contribution in [0.3, 0.4) is 0 Å². The lowest BCUT2D eigenvalue weighted by atomic mass is 9.84. The molecule has 43 heteroatoms. The second kappa shape index (κ2) is 71.5. The molecule has 0 aromatic heterocycles. The van der Waals surface area contributed by atoms with Gasteiger partial charge in [0.15, 0.2) is 24.7 Å². The van der Waals surface area contributed by atoms with Crippen LogP contribution in [0.2, 0.25) is 0 Å². The average Bonchev–Trinajstić information content (AvgIpc) is 0.819. The van der Waals surface area contributed by atoms with Crippen molar-refractivity contribution >= 4 is 58.9 Å². The standard InChI is InChI=1S/C86H157N9O34/c1-8-9-10-11-12-13-14-15-16-17-18-19-20-30-67(102)87-31-24-21-27-61(80(112)86(5,6)7)94-82(114)63(29-23-26-33-89-69(104)56-122-44-41-116-35-38-119-47-50-125-84-72(91-59(3)100)78(110)75(107)65(53-97)128-84)95-81(113)62(93-70(105)57-123-45-42-117-36-39-120-48-51-126-85-73(92-60(4)101)79(111)76(108)66(54-98)129-85)28-22-25-32-88-68(103)55-121-43-40-115-34-37-118-46-49-124-83-71(90-58(2)99)77(109)74(106)64(52-96)127-83/h61-66,71-79,83-85,96-98,106-111H,8-57H2,1-7H3,(H,87,102)(H,88,103)(H,89,104)(H,90,99)(H,91,100)(H,92,101)(H,93,105)(H,94,114)(H,95,113)/t61-,62+,63+,64-,65-,66-,71-,72-,73-,74+,75+,76+,77-,78-,79-,83-,84-,85-/m1/s1. The summed E-state index contributed by atoms with van der Waals surface area (Å²) in [7, 11) is 0. The molecule has 18 atom stereocenters. The molecule has 0 unspecified atom stereocenters. The zero-order valence-electron chi connectivity index (χ0n) is 77.0. The van der Waals surface area contributed by atoms with Crippen molar-refractivity contribution in [3.8, 4) is 0 Å². The van der Waals surface area contributed by atoms with Gasteiger partial charge in [0.25, 0.3) is 0 Å². The van der Waals surface area contributed by atoms with Crippen LogP contribution in [0.15, 0.2) is 0 Å². The van der Waals surface area contributed by atoms with Crippen LogP contribution in [-0.2, 0) is 119 Å². The van der Waals surface area contributed by atoms with E-state index in [4.69, 9.17) is 71.1 Å². The summed E-state index contributed by atoms with van der Waals surface area (Å²) in [5.41, 5.74) is -0.917. The van der Waals surface area contributed by atoms with Crippen molar-refractivity contribution < 1.29 is 165 Å². The number of amides is 9. The molecule has 9 amide bonds. The topological polar surface area (TPSA) is 599 Å². The molecular formula is C86H157N9O34. The summed E-state index contributed by atoms with van der Waals surface area (Å²) in [6.07, 6.45) is 2.44. The van der Waals surface area contributed by atoms with Crippen molar-refractivity contribution in [2.75, 3.05) is 178 Å². The van der Waals surface area contributed by atoms with Crippen LogP contribution in [0.5, 0.6) is 0 Å². The molecule has 0 saturated carbocycles. The molecule has 3 fully saturated rings. The van der Waals surface area contributed by atoms with Crippen molar-refractivity contribution in [2.45, 2.75) is 306 Å². The number of hydrogen-bond acceptors (Lipinski definition) is 34. The van der Waals surface area contributed by atoms with E-state index in [-0.39, 0.29) is 189 Å². The van der Waals surface area contributed by atoms with Crippen LogP contribution in [0, 0.1) is 5.41 Å². The molecule has 18 N–H and O–H groups in total. The number of ether oxygens (including phenoxy) is 15. The summed E-state index contributed by atoms with van der Waals surface area (Å²) in [6.45, 7) is 9.88. The Morgan fingerprint density at radius 3 is 0.899 bits per heavy atom. The van der Waals surface area contributed by atoms with Crippen molar-refractivity contribution in [1.82, 2.24) is 47.9 Å². The van der Waals surface area contributed by atoms with Gasteiger partial charge in [0.2, 0.25) is 53.2 Å². The number of ketones is 1. The Hall–Kier alpha value is -6.06. The van der Waals surface area contributed by atoms with Gasteiger partial charge >= 0.3 is 0 Å². The molecule has 3 rings (SSSR count). The lowest BCUT2D eigenvalue weighted by Crippen LogP contribution is -2.64. The fourth-order valence-electron chi connectivity index (χ4n) is 14.0. The summed E-state index contributed by atoms with van der Waals surface area (Å²) in [5, 5.41) is 115. The second-order valence-corrected chi connectivity index (χ2v) is 33.1. The third-order valence-electron chi connectivity index (χ3n) is 21.1. The largest absolute Gasteiger partial charge is 0.394 e. The minimum Gasteiger partial charge on any atom is -0.394 e. The quantitative estimate of drug-likeness (QED) is 0.0278. The highest BCUT2D eigenvalue weighted by Gasteiger charge is 2.48. The first kappa shape index (κ1) is 117. The molecule has 0 bridgehead atoms. The molecule has 0 aromatic carbocycles. The molecule has 0 spiro atoms. The number of unbranched alkanes of at least 4 members (excludes halogenated alkanes) is 15. The summed E-state index contributed by atoms with van der Waals surface area (Å²) >= 11 is 0. The lowest BCUT2D eigenvalue weighted by Gasteiger charge is -2.42. The number of nitrogens with one attached hydrogen (secondary N) is 9. The van der Waals surface area contributed by atoms with Crippen molar-refractivity contribution in [3.63, 3.8) is 0 Å². The van der Waals surface area contributed by atoms with E-state index < -0.39 is 189 Å². The van der Waals surface area contributed by atoms with Gasteiger partial charge in [-0.3, -0.25) is 47.9 Å². The summed E-state index contributed by atoms with van der Waals surface area (Å²) in [5.74, 6) is -4.85. The summed E-state index contributed by atoms with van der Waals surface area (Å²) in [6, 6.07) is -6.89. The van der Waals surface area contributed by atoms with Gasteiger partial charge in [-0.2, -0.15) is 0 Å². The Morgan fingerprint density at radius 2 is 0.589 bits per heavy atom. The van der Waals surface area contributed by atoms with Gasteiger partial charge in [0.05, 0.1) is 145 Å². The van der Waals surface area contributed by atoms with Gasteiger partial charge in [-0.25, -0.2) is 0 Å². The number of Topliss-reactive ketones (excluding diaryl/α,β-unsaturated/α-hetero) is 1. The van der Waals surface area contributed by atoms with Crippen LogP contribution < -0.4 is 47.9 Å². The minimum atomic E-state index is -1.49.